The Kier molecular flexibility index (Phi) is 7.08. The van der Waals surface area contributed by atoms with Crippen molar-refractivity contribution in [1.82, 2.24) is 0 Å². The second-order valence-electron chi connectivity index (χ2n) is 2.28. The quantitative estimate of drug-likeness (QED) is 0.601. The van der Waals surface area contributed by atoms with Gasteiger partial charge in [-0.2, -0.15) is 0 Å². The zero-order valence-corrected chi connectivity index (χ0v) is 6.49. The minimum Gasteiger partial charge on any atom is -0.412 e. The summed E-state index contributed by atoms with van der Waals surface area (Å²) in [6, 6.07) is 0. The first-order valence-corrected chi connectivity index (χ1v) is 3.10. The van der Waals surface area contributed by atoms with Crippen LogP contribution in [0.3, 0.4) is 0 Å². The fourth-order valence-corrected chi connectivity index (χ4v) is 0.519. The first-order valence-electron chi connectivity index (χ1n) is 3.10. The van der Waals surface area contributed by atoms with Gasteiger partial charge in [-0.25, -0.2) is 0 Å². The van der Waals surface area contributed by atoms with E-state index in [-0.39, 0.29) is 5.48 Å². The van der Waals surface area contributed by atoms with Crippen molar-refractivity contribution in [2.75, 3.05) is 0 Å². The van der Waals surface area contributed by atoms with Gasteiger partial charge in [0.05, 0.1) is 0 Å². The smallest absolute Gasteiger partial charge is 0.00666 e. The van der Waals surface area contributed by atoms with Crippen molar-refractivity contribution in [3.8, 4) is 0 Å². The molecule has 9 heavy (non-hydrogen) atoms. The highest BCUT2D eigenvalue weighted by Crippen LogP contribution is 2.02. The van der Waals surface area contributed by atoms with Crippen LogP contribution in [0, 0.1) is 0 Å². The number of hydrogen-bond acceptors (Lipinski definition) is 1. The van der Waals surface area contributed by atoms with E-state index in [1.807, 2.05) is 13.8 Å². The Labute approximate surface area is 57.1 Å². The van der Waals surface area contributed by atoms with Crippen molar-refractivity contribution in [2.24, 2.45) is 5.73 Å². The molecule has 0 spiro atoms. The molecule has 56 valence electrons. The molecule has 0 unspecified atom stereocenters. The maximum atomic E-state index is 5.61. The van der Waals surface area contributed by atoms with Crippen LogP contribution < -0.4 is 5.73 Å². The van der Waals surface area contributed by atoms with E-state index in [0.717, 1.165) is 18.5 Å². The molecular formula is C7H17NO. The molecule has 0 rings (SSSR count). The van der Waals surface area contributed by atoms with Crippen molar-refractivity contribution in [1.29, 1.82) is 0 Å². The van der Waals surface area contributed by atoms with Gasteiger partial charge < -0.3 is 11.2 Å². The number of hydrogen-bond donors (Lipinski definition) is 1. The summed E-state index contributed by atoms with van der Waals surface area (Å²) < 4.78 is 0. The lowest BCUT2D eigenvalue weighted by Gasteiger charge is -1.98. The normalized spacial score (nSPS) is 7.89. The Morgan fingerprint density at radius 2 is 1.78 bits per heavy atom. The van der Waals surface area contributed by atoms with E-state index in [1.54, 1.807) is 0 Å². The minimum absolute atomic E-state index is 0. The zero-order valence-electron chi connectivity index (χ0n) is 6.49. The highest BCUT2D eigenvalue weighted by molar-refractivity contribution is 5.04. The molecule has 0 aliphatic heterocycles. The Hall–Kier alpha value is -0.500. The van der Waals surface area contributed by atoms with Gasteiger partial charge in [0.25, 0.3) is 0 Å². The molecule has 0 radical (unpaired) electrons. The van der Waals surface area contributed by atoms with Gasteiger partial charge in [0, 0.05) is 5.70 Å². The number of nitrogens with two attached hydrogens (primary N) is 1. The number of allylic oxidation sites excluding steroid dienone is 2. The van der Waals surface area contributed by atoms with Crippen molar-refractivity contribution in [3.63, 3.8) is 0 Å². The summed E-state index contributed by atoms with van der Waals surface area (Å²) in [5, 5.41) is 0. The summed E-state index contributed by atoms with van der Waals surface area (Å²) in [7, 11) is 0. The van der Waals surface area contributed by atoms with E-state index in [9.17, 15) is 0 Å². The summed E-state index contributed by atoms with van der Waals surface area (Å²) in [4.78, 5) is 0. The van der Waals surface area contributed by atoms with Gasteiger partial charge in [0.1, 0.15) is 0 Å². The van der Waals surface area contributed by atoms with Crippen LogP contribution in [-0.2, 0) is 0 Å². The molecule has 4 N–H and O–H groups in total. The number of rotatable bonds is 2. The molecule has 0 bridgehead atoms. The predicted molar refractivity (Wildman–Crippen MR) is 41.1 cm³/mol. The molecule has 0 aromatic heterocycles. The van der Waals surface area contributed by atoms with Gasteiger partial charge in [0.2, 0.25) is 0 Å². The molecule has 0 aromatic rings. The Morgan fingerprint density at radius 1 is 1.33 bits per heavy atom. The Bertz CT molecular complexity index is 93.1. The molecule has 0 aromatic carbocycles. The lowest BCUT2D eigenvalue weighted by molar-refractivity contribution is 0.824. The maximum Gasteiger partial charge on any atom is 0.00666 e. The average Bonchev–Trinajstić information content (AvgIpc) is 1.67. The summed E-state index contributed by atoms with van der Waals surface area (Å²) in [6.07, 6.45) is 2.19. The Balaban J connectivity index is 0. The molecule has 2 heteroatoms. The van der Waals surface area contributed by atoms with Crippen LogP contribution in [0.5, 0.6) is 0 Å². The molecule has 0 aliphatic carbocycles. The van der Waals surface area contributed by atoms with Crippen LogP contribution >= 0.6 is 0 Å². The topological polar surface area (TPSA) is 57.5 Å². The second kappa shape index (κ2) is 5.63. The fraction of sp³-hybridized carbons (Fsp3) is 0.714. The van der Waals surface area contributed by atoms with Crippen LogP contribution in [0.2, 0.25) is 0 Å². The minimum atomic E-state index is 0. The summed E-state index contributed by atoms with van der Waals surface area (Å²) in [5.41, 5.74) is 7.91. The monoisotopic (exact) mass is 131 g/mol. The Morgan fingerprint density at radius 3 is 1.89 bits per heavy atom. The van der Waals surface area contributed by atoms with E-state index < -0.39 is 0 Å². The lowest BCUT2D eigenvalue weighted by Crippen LogP contribution is -1.97. The first kappa shape index (κ1) is 11.3. The SMILES string of the molecule is CCCC(N)=C(C)C.O. The fourth-order valence-electron chi connectivity index (χ4n) is 0.519. The van der Waals surface area contributed by atoms with Gasteiger partial charge in [0.15, 0.2) is 0 Å². The van der Waals surface area contributed by atoms with Crippen LogP contribution in [0.1, 0.15) is 33.6 Å². The van der Waals surface area contributed by atoms with Crippen molar-refractivity contribution in [2.45, 2.75) is 33.6 Å². The largest absolute Gasteiger partial charge is 0.412 e. The van der Waals surface area contributed by atoms with E-state index in [1.165, 1.54) is 5.57 Å². The molecule has 0 amide bonds. The maximum absolute atomic E-state index is 5.61. The van der Waals surface area contributed by atoms with E-state index in [0.29, 0.717) is 0 Å². The molecule has 0 saturated carbocycles. The van der Waals surface area contributed by atoms with Gasteiger partial charge in [-0.05, 0) is 20.3 Å². The molecule has 0 heterocycles. The summed E-state index contributed by atoms with van der Waals surface area (Å²) in [5.74, 6) is 0. The van der Waals surface area contributed by atoms with Crippen LogP contribution in [0.25, 0.3) is 0 Å². The van der Waals surface area contributed by atoms with Crippen LogP contribution in [-0.4, -0.2) is 5.48 Å². The third-order valence-electron chi connectivity index (χ3n) is 1.16. The standard InChI is InChI=1S/C7H15N.H2O/c1-4-5-7(8)6(2)3;/h4-5,8H2,1-3H3;1H2. The highest BCUT2D eigenvalue weighted by Gasteiger charge is 1.87. The lowest BCUT2D eigenvalue weighted by atomic mass is 10.2. The molecular weight excluding hydrogens is 114 g/mol. The van der Waals surface area contributed by atoms with Crippen molar-refractivity contribution in [3.05, 3.63) is 11.3 Å². The van der Waals surface area contributed by atoms with Gasteiger partial charge >= 0.3 is 0 Å². The second-order valence-corrected chi connectivity index (χ2v) is 2.28. The van der Waals surface area contributed by atoms with E-state index >= 15 is 0 Å². The molecule has 0 atom stereocenters. The third kappa shape index (κ3) is 5.37. The van der Waals surface area contributed by atoms with Crippen LogP contribution in [0.4, 0.5) is 0 Å². The highest BCUT2D eigenvalue weighted by atomic mass is 16.0. The van der Waals surface area contributed by atoms with Gasteiger partial charge in [-0.15, -0.1) is 0 Å². The van der Waals surface area contributed by atoms with Crippen molar-refractivity contribution >= 4 is 0 Å². The zero-order chi connectivity index (χ0) is 6.57. The predicted octanol–water partition coefficient (Wildman–Crippen LogP) is 1.21. The summed E-state index contributed by atoms with van der Waals surface area (Å²) in [6.45, 7) is 6.23. The molecule has 2 nitrogen and oxygen atoms in total. The van der Waals surface area contributed by atoms with E-state index in [4.69, 9.17) is 5.73 Å². The van der Waals surface area contributed by atoms with Crippen LogP contribution in [0.15, 0.2) is 11.3 Å². The van der Waals surface area contributed by atoms with Crippen molar-refractivity contribution < 1.29 is 5.48 Å². The summed E-state index contributed by atoms with van der Waals surface area (Å²) >= 11 is 0. The van der Waals surface area contributed by atoms with E-state index in [2.05, 4.69) is 6.92 Å². The van der Waals surface area contributed by atoms with Gasteiger partial charge in [-0.1, -0.05) is 18.9 Å². The molecule has 0 aliphatic rings. The molecule has 0 fully saturated rings. The first-order chi connectivity index (χ1) is 3.68. The van der Waals surface area contributed by atoms with Gasteiger partial charge in [-0.3, -0.25) is 0 Å². The average molecular weight is 131 g/mol. The third-order valence-corrected chi connectivity index (χ3v) is 1.16. The molecule has 0 saturated heterocycles.